The molecule has 6 rings (SSSR count). The van der Waals surface area contributed by atoms with Crippen LogP contribution in [0, 0.1) is 40.4 Å². The van der Waals surface area contributed by atoms with E-state index in [1.165, 1.54) is 0 Å². The van der Waals surface area contributed by atoms with Crippen molar-refractivity contribution in [2.24, 2.45) is 40.4 Å². The van der Waals surface area contributed by atoms with Crippen LogP contribution < -0.4 is 0 Å². The topological polar surface area (TPSA) is 60.4 Å². The Labute approximate surface area is 194 Å². The van der Waals surface area contributed by atoms with E-state index in [4.69, 9.17) is 4.74 Å². The number of ether oxygens (including phenoxy) is 1. The van der Waals surface area contributed by atoms with Gasteiger partial charge in [-0.1, -0.05) is 50.3 Å². The van der Waals surface area contributed by atoms with Gasteiger partial charge in [-0.2, -0.15) is 0 Å². The average Bonchev–Trinajstić information content (AvgIpc) is 3.53. The van der Waals surface area contributed by atoms with E-state index >= 15 is 0 Å². The molecule has 1 aromatic rings. The van der Waals surface area contributed by atoms with Crippen LogP contribution in [0.2, 0.25) is 0 Å². The smallest absolute Gasteiger partial charge is 0.338 e. The van der Waals surface area contributed by atoms with Crippen molar-refractivity contribution in [2.45, 2.75) is 46.1 Å². The van der Waals surface area contributed by atoms with E-state index in [-0.39, 0.29) is 52.2 Å². The van der Waals surface area contributed by atoms with Crippen LogP contribution in [-0.4, -0.2) is 23.6 Å². The van der Waals surface area contributed by atoms with Crippen LogP contribution in [0.5, 0.6) is 0 Å². The number of rotatable bonds is 3. The molecule has 0 aliphatic heterocycles. The van der Waals surface area contributed by atoms with E-state index < -0.39 is 0 Å². The predicted octanol–water partition coefficient (Wildman–Crippen LogP) is 5.11. The third kappa shape index (κ3) is 2.79. The molecule has 0 bridgehead atoms. The summed E-state index contributed by atoms with van der Waals surface area (Å²) in [5.74, 6) is 1.07. The second-order valence-electron chi connectivity index (χ2n) is 11.1. The zero-order valence-electron chi connectivity index (χ0n) is 19.4. The van der Waals surface area contributed by atoms with Gasteiger partial charge in [0.2, 0.25) is 0 Å². The highest BCUT2D eigenvalue weighted by Gasteiger charge is 2.67. The van der Waals surface area contributed by atoms with Crippen molar-refractivity contribution in [3.8, 4) is 0 Å². The van der Waals surface area contributed by atoms with Gasteiger partial charge < -0.3 is 4.74 Å². The van der Waals surface area contributed by atoms with E-state index in [1.807, 2.05) is 24.3 Å². The molecule has 0 radical (unpaired) electrons. The summed E-state index contributed by atoms with van der Waals surface area (Å²) in [5.41, 5.74) is 2.01. The number of hydrogen-bond acceptors (Lipinski definition) is 4. The molecule has 170 valence electrons. The lowest BCUT2D eigenvalue weighted by atomic mass is 9.47. The molecule has 0 amide bonds. The maximum atomic E-state index is 13.2. The average molecular weight is 443 g/mol. The Morgan fingerprint density at radius 2 is 1.85 bits per heavy atom. The SMILES string of the molecule is CC(=O)C1=CC[C@H]2[C@@H]3C=CC4=CC(=O)[C@@H]5C[C@@H]5[C@]4(C)[C@H]3[C@@H](OC(=O)c3ccccc3)C[C@]12C. The summed E-state index contributed by atoms with van der Waals surface area (Å²) in [5, 5.41) is 0. The number of benzene rings is 1. The summed E-state index contributed by atoms with van der Waals surface area (Å²) in [4.78, 5) is 38.3. The largest absolute Gasteiger partial charge is 0.458 e. The Balaban J connectivity index is 1.45. The summed E-state index contributed by atoms with van der Waals surface area (Å²) in [6, 6.07) is 9.15. The van der Waals surface area contributed by atoms with Gasteiger partial charge in [-0.05, 0) is 73.3 Å². The second kappa shape index (κ2) is 6.88. The molecular weight excluding hydrogens is 412 g/mol. The summed E-state index contributed by atoms with van der Waals surface area (Å²) in [6.45, 7) is 6.12. The first-order valence-corrected chi connectivity index (χ1v) is 12.2. The lowest BCUT2D eigenvalue weighted by Gasteiger charge is -2.58. The molecule has 0 N–H and O–H groups in total. The predicted molar refractivity (Wildman–Crippen MR) is 124 cm³/mol. The molecule has 2 saturated carbocycles. The Hall–Kier alpha value is -2.75. The maximum Gasteiger partial charge on any atom is 0.338 e. The fraction of sp³-hybridized carbons (Fsp3) is 0.483. The highest BCUT2D eigenvalue weighted by Crippen LogP contribution is 2.70. The van der Waals surface area contributed by atoms with Gasteiger partial charge in [0.05, 0.1) is 5.56 Å². The molecule has 4 nitrogen and oxygen atoms in total. The molecule has 0 spiro atoms. The van der Waals surface area contributed by atoms with Crippen molar-refractivity contribution >= 4 is 17.5 Å². The number of carbonyl (C=O) groups is 3. The molecule has 2 fully saturated rings. The minimum atomic E-state index is -0.322. The Morgan fingerprint density at radius 1 is 1.09 bits per heavy atom. The summed E-state index contributed by atoms with van der Waals surface area (Å²) >= 11 is 0. The van der Waals surface area contributed by atoms with Crippen LogP contribution in [0.1, 0.15) is 50.4 Å². The van der Waals surface area contributed by atoms with Crippen LogP contribution in [0.4, 0.5) is 0 Å². The maximum absolute atomic E-state index is 13.2. The van der Waals surface area contributed by atoms with Crippen LogP contribution in [0.25, 0.3) is 0 Å². The molecule has 8 atom stereocenters. The normalized spacial score (nSPS) is 42.2. The first-order valence-electron chi connectivity index (χ1n) is 12.2. The van der Waals surface area contributed by atoms with Crippen molar-refractivity contribution in [3.05, 3.63) is 71.3 Å². The molecule has 0 aromatic heterocycles. The fourth-order valence-electron chi connectivity index (χ4n) is 7.99. The van der Waals surface area contributed by atoms with E-state index in [0.717, 1.165) is 24.0 Å². The number of ketones is 2. The third-order valence-electron chi connectivity index (χ3n) is 9.60. The van der Waals surface area contributed by atoms with Crippen molar-refractivity contribution in [1.29, 1.82) is 0 Å². The zero-order valence-corrected chi connectivity index (χ0v) is 19.4. The van der Waals surface area contributed by atoms with Gasteiger partial charge >= 0.3 is 5.97 Å². The second-order valence-corrected chi connectivity index (χ2v) is 11.1. The quantitative estimate of drug-likeness (QED) is 0.610. The van der Waals surface area contributed by atoms with Gasteiger partial charge in [0, 0.05) is 22.7 Å². The third-order valence-corrected chi connectivity index (χ3v) is 9.60. The molecule has 5 aliphatic carbocycles. The number of esters is 1. The Bertz CT molecular complexity index is 1160. The van der Waals surface area contributed by atoms with Gasteiger partial charge in [-0.15, -0.1) is 0 Å². The van der Waals surface area contributed by atoms with Gasteiger partial charge in [-0.3, -0.25) is 9.59 Å². The summed E-state index contributed by atoms with van der Waals surface area (Å²) < 4.78 is 6.33. The Morgan fingerprint density at radius 3 is 2.58 bits per heavy atom. The minimum Gasteiger partial charge on any atom is -0.458 e. The number of hydrogen-bond donors (Lipinski definition) is 0. The van der Waals surface area contributed by atoms with Gasteiger partial charge in [0.1, 0.15) is 6.10 Å². The monoisotopic (exact) mass is 442 g/mol. The van der Waals surface area contributed by atoms with Gasteiger partial charge in [0.25, 0.3) is 0 Å². The van der Waals surface area contributed by atoms with Gasteiger partial charge in [0.15, 0.2) is 11.6 Å². The highest BCUT2D eigenvalue weighted by atomic mass is 16.5. The number of carbonyl (C=O) groups excluding carboxylic acids is 3. The lowest BCUT2D eigenvalue weighted by Crippen LogP contribution is -2.57. The first kappa shape index (κ1) is 20.8. The molecule has 0 unspecified atom stereocenters. The fourth-order valence-corrected chi connectivity index (χ4v) is 7.99. The molecule has 0 heterocycles. The molecule has 5 aliphatic rings. The molecule has 4 heteroatoms. The molecule has 1 aromatic carbocycles. The van der Waals surface area contributed by atoms with Crippen LogP contribution in [-0.2, 0) is 14.3 Å². The zero-order chi connectivity index (χ0) is 23.1. The summed E-state index contributed by atoms with van der Waals surface area (Å²) in [6.07, 6.45) is 10.5. The van der Waals surface area contributed by atoms with Crippen LogP contribution in [0.3, 0.4) is 0 Å². The van der Waals surface area contributed by atoms with Crippen LogP contribution >= 0.6 is 0 Å². The van der Waals surface area contributed by atoms with E-state index in [1.54, 1.807) is 19.1 Å². The molecule has 33 heavy (non-hydrogen) atoms. The number of Topliss-reactive ketones (excluding diaryl/α,β-unsaturated/α-hetero) is 1. The van der Waals surface area contributed by atoms with Gasteiger partial charge in [-0.25, -0.2) is 4.79 Å². The van der Waals surface area contributed by atoms with E-state index in [0.29, 0.717) is 23.8 Å². The molecule has 0 saturated heterocycles. The van der Waals surface area contributed by atoms with Crippen molar-refractivity contribution < 1.29 is 19.1 Å². The van der Waals surface area contributed by atoms with Crippen molar-refractivity contribution in [1.82, 2.24) is 0 Å². The van der Waals surface area contributed by atoms with Crippen molar-refractivity contribution in [3.63, 3.8) is 0 Å². The summed E-state index contributed by atoms with van der Waals surface area (Å²) in [7, 11) is 0. The number of fused-ring (bicyclic) bond motifs is 7. The minimum absolute atomic E-state index is 0.0993. The van der Waals surface area contributed by atoms with E-state index in [9.17, 15) is 14.4 Å². The molecular formula is C29H30O4. The van der Waals surface area contributed by atoms with Crippen LogP contribution in [0.15, 0.2) is 65.8 Å². The highest BCUT2D eigenvalue weighted by molar-refractivity contribution is 5.97. The standard InChI is InChI=1S/C29H30O4/c1-16(30)21-11-12-22-19-10-9-18-13-24(31)20-14-23(20)29(18,3)26(19)25(15-28(21,22)2)33-27(32)17-7-5-4-6-8-17/h4-11,13,19-20,22-23,25-26H,12,14-15H2,1-3H3/t19-,20+,22-,23-,25-,26+,28+,29+/m0/s1. The Kier molecular flexibility index (Phi) is 4.34. The van der Waals surface area contributed by atoms with Crippen molar-refractivity contribution in [2.75, 3.05) is 0 Å². The van der Waals surface area contributed by atoms with E-state index in [2.05, 4.69) is 32.1 Å². The first-order chi connectivity index (χ1) is 15.7. The number of allylic oxidation sites excluding steroid dienone is 6. The lowest BCUT2D eigenvalue weighted by molar-refractivity contribution is -0.123.